The molecule has 0 saturated carbocycles. The zero-order valence-corrected chi connectivity index (χ0v) is 8.40. The Hall–Kier alpha value is -1.86. The van der Waals surface area contributed by atoms with E-state index in [1.54, 1.807) is 31.3 Å². The number of nitrogens with zero attached hydrogens (tertiary/aromatic N) is 1. The van der Waals surface area contributed by atoms with E-state index in [-0.39, 0.29) is 0 Å². The first-order chi connectivity index (χ1) is 7.17. The number of rotatable bonds is 4. The molecule has 0 radical (unpaired) electrons. The Kier molecular flexibility index (Phi) is 3.83. The van der Waals surface area contributed by atoms with Crippen LogP contribution in [0.4, 0.5) is 0 Å². The van der Waals surface area contributed by atoms with Gasteiger partial charge in [-0.1, -0.05) is 12.1 Å². The molecule has 0 aliphatic heterocycles. The van der Waals surface area contributed by atoms with E-state index in [0.29, 0.717) is 12.0 Å². The fraction of sp³-hybridized carbons (Fsp3) is 0.273. The highest BCUT2D eigenvalue weighted by Gasteiger charge is 2.14. The number of likely N-dealkylation sites (N-methyl/N-ethyl adjacent to an activating group) is 1. The average molecular weight is 204 g/mol. The first kappa shape index (κ1) is 11.2. The topological polar surface area (TPSA) is 73.1 Å². The molecule has 0 spiro atoms. The number of hydrogen-bond donors (Lipinski definition) is 2. The largest absolute Gasteiger partial charge is 0.480 e. The fourth-order valence-corrected chi connectivity index (χ4v) is 1.26. The zero-order valence-electron chi connectivity index (χ0n) is 8.40. The molecule has 1 aromatic carbocycles. The van der Waals surface area contributed by atoms with Gasteiger partial charge in [0.25, 0.3) is 0 Å². The molecule has 1 aromatic rings. The lowest BCUT2D eigenvalue weighted by molar-refractivity contribution is -0.139. The molecule has 0 aliphatic rings. The number of aliphatic carboxylic acids is 1. The van der Waals surface area contributed by atoms with Crippen LogP contribution >= 0.6 is 0 Å². The van der Waals surface area contributed by atoms with Gasteiger partial charge in [0, 0.05) is 0 Å². The standard InChI is InChI=1S/C11H12N2O2/c1-13-10(11(14)15)6-8-2-4-9(7-12)5-3-8/h2-5,10,13H,6H2,1H3,(H,14,15)/t10-/m0/s1. The Morgan fingerprint density at radius 3 is 2.53 bits per heavy atom. The third-order valence-electron chi connectivity index (χ3n) is 2.17. The second-order valence-corrected chi connectivity index (χ2v) is 3.19. The van der Waals surface area contributed by atoms with E-state index in [2.05, 4.69) is 5.32 Å². The summed E-state index contributed by atoms with van der Waals surface area (Å²) in [6, 6.07) is 8.34. The third-order valence-corrected chi connectivity index (χ3v) is 2.17. The molecule has 4 nitrogen and oxygen atoms in total. The Balaban J connectivity index is 2.72. The Labute approximate surface area is 88.2 Å². The van der Waals surface area contributed by atoms with Gasteiger partial charge in [0.15, 0.2) is 0 Å². The van der Waals surface area contributed by atoms with Gasteiger partial charge >= 0.3 is 5.97 Å². The molecular weight excluding hydrogens is 192 g/mol. The number of carboxylic acid groups (broad SMARTS) is 1. The molecule has 0 amide bonds. The van der Waals surface area contributed by atoms with Crippen LogP contribution in [0.25, 0.3) is 0 Å². The summed E-state index contributed by atoms with van der Waals surface area (Å²) < 4.78 is 0. The Morgan fingerprint density at radius 1 is 1.53 bits per heavy atom. The van der Waals surface area contributed by atoms with E-state index < -0.39 is 12.0 Å². The summed E-state index contributed by atoms with van der Waals surface area (Å²) >= 11 is 0. The SMILES string of the molecule is CN[C@@H](Cc1ccc(C#N)cc1)C(=O)O. The Bertz CT molecular complexity index is 379. The molecule has 4 heteroatoms. The van der Waals surface area contributed by atoms with Crippen LogP contribution in [0.5, 0.6) is 0 Å². The molecule has 2 N–H and O–H groups in total. The smallest absolute Gasteiger partial charge is 0.321 e. The summed E-state index contributed by atoms with van der Waals surface area (Å²) in [6.07, 6.45) is 0.414. The minimum atomic E-state index is -0.873. The van der Waals surface area contributed by atoms with Crippen LogP contribution in [0.3, 0.4) is 0 Å². The second kappa shape index (κ2) is 5.13. The monoisotopic (exact) mass is 204 g/mol. The minimum Gasteiger partial charge on any atom is -0.480 e. The summed E-state index contributed by atoms with van der Waals surface area (Å²) in [4.78, 5) is 10.7. The van der Waals surface area contributed by atoms with Gasteiger partial charge in [0.05, 0.1) is 11.6 Å². The van der Waals surface area contributed by atoms with Crippen molar-refractivity contribution < 1.29 is 9.90 Å². The minimum absolute atomic E-state index is 0.414. The van der Waals surface area contributed by atoms with Crippen molar-refractivity contribution in [3.8, 4) is 6.07 Å². The highest BCUT2D eigenvalue weighted by Crippen LogP contribution is 2.06. The maximum absolute atomic E-state index is 10.7. The molecular formula is C11H12N2O2. The van der Waals surface area contributed by atoms with Gasteiger partial charge < -0.3 is 10.4 Å². The van der Waals surface area contributed by atoms with Gasteiger partial charge in [0.2, 0.25) is 0 Å². The molecule has 0 heterocycles. The number of benzene rings is 1. The summed E-state index contributed by atoms with van der Waals surface area (Å²) in [5.41, 5.74) is 1.48. The van der Waals surface area contributed by atoms with Crippen LogP contribution in [-0.2, 0) is 11.2 Å². The molecule has 0 aliphatic carbocycles. The van der Waals surface area contributed by atoms with Crippen molar-refractivity contribution in [2.24, 2.45) is 0 Å². The van der Waals surface area contributed by atoms with Crippen LogP contribution in [0, 0.1) is 11.3 Å². The highest BCUT2D eigenvalue weighted by atomic mass is 16.4. The van der Waals surface area contributed by atoms with Crippen molar-refractivity contribution >= 4 is 5.97 Å². The van der Waals surface area contributed by atoms with Crippen molar-refractivity contribution in [2.45, 2.75) is 12.5 Å². The van der Waals surface area contributed by atoms with Crippen molar-refractivity contribution in [2.75, 3.05) is 7.05 Å². The lowest BCUT2D eigenvalue weighted by Gasteiger charge is -2.10. The van der Waals surface area contributed by atoms with Crippen LogP contribution in [0.2, 0.25) is 0 Å². The molecule has 15 heavy (non-hydrogen) atoms. The summed E-state index contributed by atoms with van der Waals surface area (Å²) in [5, 5.41) is 20.1. The number of hydrogen-bond acceptors (Lipinski definition) is 3. The molecule has 0 fully saturated rings. The van der Waals surface area contributed by atoms with Gasteiger partial charge in [-0.25, -0.2) is 0 Å². The molecule has 1 rings (SSSR count). The maximum atomic E-state index is 10.7. The van der Waals surface area contributed by atoms with E-state index in [1.807, 2.05) is 6.07 Å². The lowest BCUT2D eigenvalue weighted by atomic mass is 10.0. The van der Waals surface area contributed by atoms with Crippen molar-refractivity contribution in [1.29, 1.82) is 5.26 Å². The van der Waals surface area contributed by atoms with Crippen molar-refractivity contribution in [3.05, 3.63) is 35.4 Å². The van der Waals surface area contributed by atoms with Gasteiger partial charge in [-0.05, 0) is 31.2 Å². The van der Waals surface area contributed by atoms with Gasteiger partial charge in [0.1, 0.15) is 6.04 Å². The highest BCUT2D eigenvalue weighted by molar-refractivity contribution is 5.73. The van der Waals surface area contributed by atoms with Gasteiger partial charge in [-0.15, -0.1) is 0 Å². The molecule has 0 bridgehead atoms. The van der Waals surface area contributed by atoms with Crippen LogP contribution in [0.15, 0.2) is 24.3 Å². The Morgan fingerprint density at radius 2 is 2.13 bits per heavy atom. The second-order valence-electron chi connectivity index (χ2n) is 3.19. The lowest BCUT2D eigenvalue weighted by Crippen LogP contribution is -2.35. The van der Waals surface area contributed by atoms with Crippen molar-refractivity contribution in [3.63, 3.8) is 0 Å². The molecule has 0 saturated heterocycles. The quantitative estimate of drug-likeness (QED) is 0.759. The molecule has 1 atom stereocenters. The van der Waals surface area contributed by atoms with E-state index in [0.717, 1.165) is 5.56 Å². The number of carboxylic acids is 1. The van der Waals surface area contributed by atoms with Crippen LogP contribution < -0.4 is 5.32 Å². The first-order valence-corrected chi connectivity index (χ1v) is 4.56. The van der Waals surface area contributed by atoms with E-state index in [9.17, 15) is 4.79 Å². The van der Waals surface area contributed by atoms with E-state index in [4.69, 9.17) is 10.4 Å². The van der Waals surface area contributed by atoms with Crippen LogP contribution in [0.1, 0.15) is 11.1 Å². The van der Waals surface area contributed by atoms with Crippen molar-refractivity contribution in [1.82, 2.24) is 5.32 Å². The molecule has 0 aromatic heterocycles. The van der Waals surface area contributed by atoms with E-state index >= 15 is 0 Å². The normalized spacial score (nSPS) is 11.7. The maximum Gasteiger partial charge on any atom is 0.321 e. The summed E-state index contributed by atoms with van der Waals surface area (Å²) in [5.74, 6) is -0.873. The number of carbonyl (C=O) groups is 1. The number of nitriles is 1. The van der Waals surface area contributed by atoms with Crippen LogP contribution in [-0.4, -0.2) is 24.2 Å². The van der Waals surface area contributed by atoms with Gasteiger partial charge in [-0.3, -0.25) is 4.79 Å². The third kappa shape index (κ3) is 3.08. The molecule has 78 valence electrons. The molecule has 0 unspecified atom stereocenters. The fourth-order valence-electron chi connectivity index (χ4n) is 1.26. The van der Waals surface area contributed by atoms with E-state index in [1.165, 1.54) is 0 Å². The summed E-state index contributed by atoms with van der Waals surface area (Å²) in [6.45, 7) is 0. The summed E-state index contributed by atoms with van der Waals surface area (Å²) in [7, 11) is 1.61. The average Bonchev–Trinajstić information content (AvgIpc) is 2.26. The number of nitrogens with one attached hydrogen (secondary N) is 1. The zero-order chi connectivity index (χ0) is 11.3. The van der Waals surface area contributed by atoms with Gasteiger partial charge in [-0.2, -0.15) is 5.26 Å². The predicted octanol–water partition coefficient (Wildman–Crippen LogP) is 0.773. The first-order valence-electron chi connectivity index (χ1n) is 4.56. The predicted molar refractivity (Wildman–Crippen MR) is 55.3 cm³/mol.